The van der Waals surface area contributed by atoms with E-state index in [1.807, 2.05) is 42.3 Å². The number of nitrogens with one attached hydrogen (secondary N) is 1. The van der Waals surface area contributed by atoms with E-state index in [1.54, 1.807) is 0 Å². The van der Waals surface area contributed by atoms with Crippen molar-refractivity contribution in [3.8, 4) is 0 Å². The average Bonchev–Trinajstić information content (AvgIpc) is 3.06. The largest absolute Gasteiger partial charge is 0.379 e. The van der Waals surface area contributed by atoms with Crippen molar-refractivity contribution in [1.82, 2.24) is 9.88 Å². The number of aromatic amines is 1. The predicted molar refractivity (Wildman–Crippen MR) is 89.7 cm³/mol. The summed E-state index contributed by atoms with van der Waals surface area (Å²) in [5.74, 6) is 0.112. The van der Waals surface area contributed by atoms with Crippen LogP contribution in [0.4, 0.5) is 0 Å². The van der Waals surface area contributed by atoms with E-state index >= 15 is 0 Å². The molecule has 1 aliphatic heterocycles. The van der Waals surface area contributed by atoms with Crippen LogP contribution in [-0.4, -0.2) is 54.8 Å². The van der Waals surface area contributed by atoms with Gasteiger partial charge < -0.3 is 19.4 Å². The van der Waals surface area contributed by atoms with Crippen molar-refractivity contribution in [3.05, 3.63) is 36.0 Å². The third-order valence-electron chi connectivity index (χ3n) is 4.31. The molecule has 124 valence electrons. The zero-order chi connectivity index (χ0) is 16.1. The molecular formula is C18H24N2O3. The van der Waals surface area contributed by atoms with Crippen LogP contribution in [-0.2, 0) is 9.47 Å². The normalized spacial score (nSPS) is 16.1. The molecule has 2 aromatic rings. The highest BCUT2D eigenvalue weighted by Gasteiger charge is 2.24. The summed E-state index contributed by atoms with van der Waals surface area (Å²) in [6.45, 7) is 5.49. The fourth-order valence-corrected chi connectivity index (χ4v) is 3.01. The number of hydrogen-bond acceptors (Lipinski definition) is 3. The fraction of sp³-hybridized carbons (Fsp3) is 0.500. The lowest BCUT2D eigenvalue weighted by Gasteiger charge is -2.32. The van der Waals surface area contributed by atoms with Crippen molar-refractivity contribution in [2.75, 3.05) is 32.9 Å². The summed E-state index contributed by atoms with van der Waals surface area (Å²) in [5.41, 5.74) is 1.82. The van der Waals surface area contributed by atoms with Gasteiger partial charge in [-0.2, -0.15) is 0 Å². The topological polar surface area (TPSA) is 54.6 Å². The molecule has 3 rings (SSSR count). The summed E-state index contributed by atoms with van der Waals surface area (Å²) in [5, 5.41) is 1.07. The van der Waals surface area contributed by atoms with Gasteiger partial charge in [-0.15, -0.1) is 0 Å². The fourth-order valence-electron chi connectivity index (χ4n) is 3.01. The Bertz CT molecular complexity index is 645. The Balaban J connectivity index is 1.51. The van der Waals surface area contributed by atoms with Gasteiger partial charge in [-0.25, -0.2) is 0 Å². The van der Waals surface area contributed by atoms with Crippen molar-refractivity contribution in [3.63, 3.8) is 0 Å². The Morgan fingerprint density at radius 1 is 1.26 bits per heavy atom. The third kappa shape index (κ3) is 3.92. The summed E-state index contributed by atoms with van der Waals surface area (Å²) in [4.78, 5) is 17.7. The maximum absolute atomic E-state index is 12.6. The van der Waals surface area contributed by atoms with Crippen LogP contribution in [0, 0.1) is 0 Å². The van der Waals surface area contributed by atoms with E-state index in [2.05, 4.69) is 4.98 Å². The number of benzene rings is 1. The molecule has 0 spiro atoms. The molecule has 0 atom stereocenters. The molecule has 0 bridgehead atoms. The van der Waals surface area contributed by atoms with E-state index < -0.39 is 0 Å². The van der Waals surface area contributed by atoms with Crippen LogP contribution in [0.1, 0.15) is 30.1 Å². The number of hydrogen-bond donors (Lipinski definition) is 1. The van der Waals surface area contributed by atoms with Gasteiger partial charge in [0.1, 0.15) is 0 Å². The molecule has 0 saturated carbocycles. The van der Waals surface area contributed by atoms with Crippen LogP contribution < -0.4 is 0 Å². The third-order valence-corrected chi connectivity index (χ3v) is 4.31. The summed E-state index contributed by atoms with van der Waals surface area (Å²) < 4.78 is 11.1. The highest BCUT2D eigenvalue weighted by molar-refractivity contribution is 5.98. The molecule has 1 saturated heterocycles. The lowest BCUT2D eigenvalue weighted by Crippen LogP contribution is -2.41. The lowest BCUT2D eigenvalue weighted by molar-refractivity contribution is -0.0182. The molecule has 1 N–H and O–H groups in total. The monoisotopic (exact) mass is 316 g/mol. The van der Waals surface area contributed by atoms with Crippen molar-refractivity contribution < 1.29 is 14.3 Å². The minimum absolute atomic E-state index is 0.112. The number of piperidine rings is 1. The SMILES string of the molecule is CCOCCOC1CCN(C(=O)c2ccc3[nH]ccc3c2)CC1. The number of H-pyrrole nitrogens is 1. The summed E-state index contributed by atoms with van der Waals surface area (Å²) in [6, 6.07) is 7.81. The maximum atomic E-state index is 12.6. The summed E-state index contributed by atoms with van der Waals surface area (Å²) >= 11 is 0. The Morgan fingerprint density at radius 2 is 2.09 bits per heavy atom. The lowest BCUT2D eigenvalue weighted by atomic mass is 10.1. The second-order valence-electron chi connectivity index (χ2n) is 5.84. The number of ether oxygens (including phenoxy) is 2. The minimum Gasteiger partial charge on any atom is -0.379 e. The number of rotatable bonds is 6. The van der Waals surface area contributed by atoms with Crippen molar-refractivity contribution in [1.29, 1.82) is 0 Å². The molecule has 1 aromatic heterocycles. The van der Waals surface area contributed by atoms with Gasteiger partial charge in [0.05, 0.1) is 19.3 Å². The molecule has 5 heteroatoms. The second-order valence-corrected chi connectivity index (χ2v) is 5.84. The smallest absolute Gasteiger partial charge is 0.253 e. The van der Waals surface area contributed by atoms with Gasteiger partial charge in [0.25, 0.3) is 5.91 Å². The first-order valence-corrected chi connectivity index (χ1v) is 8.33. The molecule has 0 aliphatic carbocycles. The van der Waals surface area contributed by atoms with Crippen molar-refractivity contribution in [2.24, 2.45) is 0 Å². The highest BCUT2D eigenvalue weighted by atomic mass is 16.5. The predicted octanol–water partition coefficient (Wildman–Crippen LogP) is 2.83. The zero-order valence-corrected chi connectivity index (χ0v) is 13.6. The number of carbonyl (C=O) groups excluding carboxylic acids is 1. The van der Waals surface area contributed by atoms with E-state index in [9.17, 15) is 4.79 Å². The van der Waals surface area contributed by atoms with E-state index in [1.165, 1.54) is 0 Å². The Kier molecular flexibility index (Phi) is 5.31. The van der Waals surface area contributed by atoms with Crippen LogP contribution >= 0.6 is 0 Å². The Labute approximate surface area is 136 Å². The van der Waals surface area contributed by atoms with Crippen LogP contribution in [0.15, 0.2) is 30.5 Å². The van der Waals surface area contributed by atoms with Gasteiger partial charge in [-0.3, -0.25) is 4.79 Å². The number of nitrogens with zero attached hydrogens (tertiary/aromatic N) is 1. The molecule has 1 fully saturated rings. The van der Waals surface area contributed by atoms with E-state index in [0.29, 0.717) is 13.2 Å². The average molecular weight is 316 g/mol. The zero-order valence-electron chi connectivity index (χ0n) is 13.6. The standard InChI is InChI=1S/C18H24N2O3/c1-2-22-11-12-23-16-6-9-20(10-7-16)18(21)15-3-4-17-14(13-15)5-8-19-17/h3-5,8,13,16,19H,2,6-7,9-12H2,1H3. The van der Waals surface area contributed by atoms with Crippen molar-refractivity contribution in [2.45, 2.75) is 25.9 Å². The molecule has 0 radical (unpaired) electrons. The van der Waals surface area contributed by atoms with Gasteiger partial charge in [-0.05, 0) is 44.0 Å². The van der Waals surface area contributed by atoms with Gasteiger partial charge in [0.15, 0.2) is 0 Å². The van der Waals surface area contributed by atoms with E-state index in [4.69, 9.17) is 9.47 Å². The molecule has 2 heterocycles. The first-order chi connectivity index (χ1) is 11.3. The number of fused-ring (bicyclic) bond motifs is 1. The van der Waals surface area contributed by atoms with E-state index in [-0.39, 0.29) is 12.0 Å². The molecule has 1 aromatic carbocycles. The quantitative estimate of drug-likeness (QED) is 0.834. The van der Waals surface area contributed by atoms with Gasteiger partial charge >= 0.3 is 0 Å². The first kappa shape index (κ1) is 16.0. The molecule has 1 aliphatic rings. The first-order valence-electron chi connectivity index (χ1n) is 8.33. The van der Waals surface area contributed by atoms with Gasteiger partial charge in [0.2, 0.25) is 0 Å². The summed E-state index contributed by atoms with van der Waals surface area (Å²) in [6.07, 6.45) is 3.92. The number of likely N-dealkylation sites (tertiary alicyclic amines) is 1. The molecule has 1 amide bonds. The van der Waals surface area contributed by atoms with Gasteiger partial charge in [0, 0.05) is 42.4 Å². The van der Waals surface area contributed by atoms with Crippen LogP contribution in [0.2, 0.25) is 0 Å². The molecule has 5 nitrogen and oxygen atoms in total. The van der Waals surface area contributed by atoms with E-state index in [0.717, 1.165) is 49.0 Å². The Morgan fingerprint density at radius 3 is 2.87 bits per heavy atom. The number of carbonyl (C=O) groups is 1. The molecule has 23 heavy (non-hydrogen) atoms. The van der Waals surface area contributed by atoms with Crippen LogP contribution in [0.5, 0.6) is 0 Å². The highest BCUT2D eigenvalue weighted by Crippen LogP contribution is 2.19. The molecular weight excluding hydrogens is 292 g/mol. The Hall–Kier alpha value is -1.85. The number of amides is 1. The second kappa shape index (κ2) is 7.62. The summed E-state index contributed by atoms with van der Waals surface area (Å²) in [7, 11) is 0. The van der Waals surface area contributed by atoms with Crippen molar-refractivity contribution >= 4 is 16.8 Å². The molecule has 0 unspecified atom stereocenters. The van der Waals surface area contributed by atoms with Gasteiger partial charge in [-0.1, -0.05) is 0 Å². The van der Waals surface area contributed by atoms with Crippen LogP contribution in [0.3, 0.4) is 0 Å². The minimum atomic E-state index is 0.112. The maximum Gasteiger partial charge on any atom is 0.253 e. The van der Waals surface area contributed by atoms with Crippen LogP contribution in [0.25, 0.3) is 10.9 Å². The number of aromatic nitrogens is 1.